The molecule has 5 rings (SSSR count). The average molecular weight is 548 g/mol. The van der Waals surface area contributed by atoms with Crippen LogP contribution in [0, 0.1) is 11.8 Å². The van der Waals surface area contributed by atoms with Gasteiger partial charge in [0.1, 0.15) is 5.01 Å². The number of hydrogen-bond acceptors (Lipinski definition) is 7. The van der Waals surface area contributed by atoms with Gasteiger partial charge in [-0.05, 0) is 73.0 Å². The van der Waals surface area contributed by atoms with Crippen LogP contribution in [0.25, 0.3) is 0 Å². The maximum absolute atomic E-state index is 12.6. The highest BCUT2D eigenvalue weighted by atomic mass is 32.2. The Kier molecular flexibility index (Phi) is 8.54. The molecule has 198 valence electrons. The first-order chi connectivity index (χ1) is 18.4. The minimum absolute atomic E-state index is 0.0380. The predicted octanol–water partition coefficient (Wildman–Crippen LogP) is 5.84. The first-order valence-electron chi connectivity index (χ1n) is 13.2. The Labute approximate surface area is 232 Å². The van der Waals surface area contributed by atoms with Crippen LogP contribution in [0.5, 0.6) is 0 Å². The van der Waals surface area contributed by atoms with Crippen LogP contribution >= 0.6 is 23.1 Å². The maximum Gasteiger partial charge on any atom is 0.230 e. The molecule has 2 aromatic rings. The molecule has 1 aromatic heterocycles. The van der Waals surface area contributed by atoms with Crippen molar-refractivity contribution in [1.29, 1.82) is 0 Å². The molecule has 1 aromatic carbocycles. The van der Waals surface area contributed by atoms with Crippen molar-refractivity contribution in [3.63, 3.8) is 0 Å². The quantitative estimate of drug-likeness (QED) is 0.411. The van der Waals surface area contributed by atoms with E-state index in [0.717, 1.165) is 48.2 Å². The third-order valence-corrected chi connectivity index (χ3v) is 9.15. The third-order valence-electron chi connectivity index (χ3n) is 7.15. The van der Waals surface area contributed by atoms with Gasteiger partial charge in [0, 0.05) is 6.42 Å². The molecule has 9 heteroatoms. The maximum atomic E-state index is 12.6. The number of benzene rings is 1. The summed E-state index contributed by atoms with van der Waals surface area (Å²) in [5.74, 6) is 1.07. The van der Waals surface area contributed by atoms with Crippen molar-refractivity contribution in [2.75, 3.05) is 5.32 Å². The van der Waals surface area contributed by atoms with Gasteiger partial charge in [0.2, 0.25) is 16.9 Å². The van der Waals surface area contributed by atoms with Gasteiger partial charge < -0.3 is 10.6 Å². The van der Waals surface area contributed by atoms with E-state index in [2.05, 4.69) is 46.8 Å². The summed E-state index contributed by atoms with van der Waals surface area (Å²) in [5, 5.41) is 16.7. The zero-order valence-corrected chi connectivity index (χ0v) is 23.4. The molecule has 2 aliphatic carbocycles. The molecule has 2 N–H and O–H groups in total. The van der Waals surface area contributed by atoms with E-state index in [9.17, 15) is 9.59 Å². The van der Waals surface area contributed by atoms with Gasteiger partial charge in [-0.25, -0.2) is 0 Å². The van der Waals surface area contributed by atoms with Crippen LogP contribution in [0.3, 0.4) is 0 Å². The number of amidine groups is 1. The lowest BCUT2D eigenvalue weighted by Crippen LogP contribution is -2.32. The Morgan fingerprint density at radius 3 is 2.58 bits per heavy atom. The standard InChI is InChI=1S/C29H33N5O2S2/c1-18-19(2)30-28(31-25(35)13-20-9-5-3-6-10-20)37-24(18)16-22-15-23(22)17-27-33-34-29(38-27)32-26(36)14-21-11-7-4-8-12-21/h3,5-7,9-12,19,22-23H,4,8,13-17H2,1-2H3,(H,30,31,35)(H,32,34,36). The first kappa shape index (κ1) is 26.6. The van der Waals surface area contributed by atoms with Crippen LogP contribution in [0.15, 0.2) is 69.6 Å². The van der Waals surface area contributed by atoms with Gasteiger partial charge in [0.05, 0.1) is 18.9 Å². The summed E-state index contributed by atoms with van der Waals surface area (Å²) < 4.78 is 0. The number of nitrogens with one attached hydrogen (secondary N) is 2. The van der Waals surface area contributed by atoms with Crippen LogP contribution in [0.2, 0.25) is 0 Å². The Bertz CT molecular complexity index is 1310. The second kappa shape index (κ2) is 12.2. The molecule has 2 amide bonds. The molecule has 3 unspecified atom stereocenters. The first-order valence-corrected chi connectivity index (χ1v) is 14.8. The second-order valence-corrected chi connectivity index (χ2v) is 12.3. The fourth-order valence-corrected chi connectivity index (χ4v) is 6.83. The number of aromatic nitrogens is 2. The second-order valence-electron chi connectivity index (χ2n) is 10.2. The van der Waals surface area contributed by atoms with E-state index in [-0.39, 0.29) is 17.9 Å². The highest BCUT2D eigenvalue weighted by Crippen LogP contribution is 2.48. The summed E-state index contributed by atoms with van der Waals surface area (Å²) in [5.41, 5.74) is 3.33. The summed E-state index contributed by atoms with van der Waals surface area (Å²) >= 11 is 3.07. The topological polar surface area (TPSA) is 96.3 Å². The van der Waals surface area contributed by atoms with Gasteiger partial charge in [-0.15, -0.1) is 10.2 Å². The molecule has 1 fully saturated rings. The SMILES string of the molecule is CC1=C(CC2CC2Cc2nnc(NC(=O)CC3=CCCC=C3)s2)SC(NC(=O)Cc2ccccc2)=NC1C. The minimum Gasteiger partial charge on any atom is -0.305 e. The Balaban J connectivity index is 1.08. The smallest absolute Gasteiger partial charge is 0.230 e. The number of nitrogens with zero attached hydrogens (tertiary/aromatic N) is 3. The van der Waals surface area contributed by atoms with E-state index in [0.29, 0.717) is 35.0 Å². The van der Waals surface area contributed by atoms with E-state index in [1.54, 1.807) is 11.8 Å². The summed E-state index contributed by atoms with van der Waals surface area (Å²) in [7, 11) is 0. The van der Waals surface area contributed by atoms with Crippen molar-refractivity contribution >= 4 is 45.2 Å². The normalized spacial score (nSPS) is 22.5. The van der Waals surface area contributed by atoms with Gasteiger partial charge in [0.15, 0.2) is 5.17 Å². The predicted molar refractivity (Wildman–Crippen MR) is 155 cm³/mol. The zero-order valence-electron chi connectivity index (χ0n) is 21.8. The molecule has 1 aliphatic heterocycles. The fraction of sp³-hybridized carbons (Fsp3) is 0.414. The molecule has 0 saturated heterocycles. The van der Waals surface area contributed by atoms with Crippen LogP contribution in [0.4, 0.5) is 5.13 Å². The lowest BCUT2D eigenvalue weighted by molar-refractivity contribution is -0.119. The number of carbonyl (C=O) groups is 2. The Morgan fingerprint density at radius 1 is 1.00 bits per heavy atom. The number of allylic oxidation sites excluding steroid dienone is 4. The minimum atomic E-state index is -0.0472. The molecule has 0 bridgehead atoms. The van der Waals surface area contributed by atoms with Crippen molar-refractivity contribution in [2.24, 2.45) is 16.8 Å². The molecule has 38 heavy (non-hydrogen) atoms. The molecule has 0 radical (unpaired) electrons. The van der Waals surface area contributed by atoms with E-state index in [1.807, 2.05) is 36.4 Å². The largest absolute Gasteiger partial charge is 0.305 e. The highest BCUT2D eigenvalue weighted by molar-refractivity contribution is 8.17. The zero-order chi connectivity index (χ0) is 26.5. The van der Waals surface area contributed by atoms with Crippen molar-refractivity contribution in [1.82, 2.24) is 15.5 Å². The molecule has 0 spiro atoms. The van der Waals surface area contributed by atoms with E-state index in [4.69, 9.17) is 4.99 Å². The number of thioether (sulfide) groups is 1. The fourth-order valence-electron chi connectivity index (χ4n) is 4.74. The number of carbonyl (C=O) groups excluding carboxylic acids is 2. The van der Waals surface area contributed by atoms with Gasteiger partial charge in [-0.3, -0.25) is 14.6 Å². The summed E-state index contributed by atoms with van der Waals surface area (Å²) in [6.07, 6.45) is 12.0. The molecule has 3 aliphatic rings. The van der Waals surface area contributed by atoms with Crippen molar-refractivity contribution in [2.45, 2.75) is 64.8 Å². The number of amides is 2. The van der Waals surface area contributed by atoms with Crippen molar-refractivity contribution in [3.8, 4) is 0 Å². The average Bonchev–Trinajstić information content (AvgIpc) is 3.47. The van der Waals surface area contributed by atoms with Crippen LogP contribution in [-0.4, -0.2) is 33.2 Å². The van der Waals surface area contributed by atoms with E-state index >= 15 is 0 Å². The number of hydrogen-bond donors (Lipinski definition) is 2. The van der Waals surface area contributed by atoms with Gasteiger partial charge in [0.25, 0.3) is 0 Å². The number of rotatable bonds is 9. The van der Waals surface area contributed by atoms with Gasteiger partial charge in [-0.1, -0.05) is 71.7 Å². The molecular formula is C29H33N5O2S2. The molecule has 1 saturated carbocycles. The number of anilines is 1. The number of aliphatic imine (C=N–C) groups is 1. The van der Waals surface area contributed by atoms with E-state index in [1.165, 1.54) is 21.8 Å². The molecular weight excluding hydrogens is 514 g/mol. The molecule has 2 heterocycles. The van der Waals surface area contributed by atoms with Crippen LogP contribution in [-0.2, 0) is 22.4 Å². The lowest BCUT2D eigenvalue weighted by atomic mass is 10.0. The third kappa shape index (κ3) is 7.29. The summed E-state index contributed by atoms with van der Waals surface area (Å²) in [6.45, 7) is 4.23. The summed E-state index contributed by atoms with van der Waals surface area (Å²) in [6, 6.07) is 9.82. The van der Waals surface area contributed by atoms with Gasteiger partial charge in [-0.2, -0.15) is 0 Å². The van der Waals surface area contributed by atoms with Crippen molar-refractivity contribution < 1.29 is 9.59 Å². The molecule has 7 nitrogen and oxygen atoms in total. The lowest BCUT2D eigenvalue weighted by Gasteiger charge is -2.22. The monoisotopic (exact) mass is 547 g/mol. The highest BCUT2D eigenvalue weighted by Gasteiger charge is 2.39. The van der Waals surface area contributed by atoms with Gasteiger partial charge >= 0.3 is 0 Å². The van der Waals surface area contributed by atoms with Crippen LogP contribution < -0.4 is 10.6 Å². The van der Waals surface area contributed by atoms with Crippen molar-refractivity contribution in [3.05, 3.63) is 75.2 Å². The Morgan fingerprint density at radius 2 is 1.79 bits per heavy atom. The summed E-state index contributed by atoms with van der Waals surface area (Å²) in [4.78, 5) is 30.9. The van der Waals surface area contributed by atoms with E-state index < -0.39 is 0 Å². The van der Waals surface area contributed by atoms with Crippen LogP contribution in [0.1, 0.15) is 56.5 Å². The Hall–Kier alpha value is -3.04. The molecule has 3 atom stereocenters.